The van der Waals surface area contributed by atoms with E-state index < -0.39 is 0 Å². The van der Waals surface area contributed by atoms with Crippen molar-refractivity contribution in [2.75, 3.05) is 12.0 Å². The molecule has 0 saturated heterocycles. The lowest BCUT2D eigenvalue weighted by Gasteiger charge is -2.13. The average molecular weight is 277 g/mol. The second kappa shape index (κ2) is 6.44. The van der Waals surface area contributed by atoms with E-state index in [4.69, 9.17) is 10.7 Å². The summed E-state index contributed by atoms with van der Waals surface area (Å²) in [5.41, 5.74) is 9.85. The molecule has 4 heteroatoms. The molecule has 2 aromatic rings. The molecular formula is C15H23N3S. The van der Waals surface area contributed by atoms with Gasteiger partial charge in [0.2, 0.25) is 0 Å². The van der Waals surface area contributed by atoms with Gasteiger partial charge in [-0.25, -0.2) is 4.98 Å². The lowest BCUT2D eigenvalue weighted by molar-refractivity contribution is 0.578. The Morgan fingerprint density at radius 2 is 2.21 bits per heavy atom. The predicted molar refractivity (Wildman–Crippen MR) is 84.7 cm³/mol. The van der Waals surface area contributed by atoms with Crippen LogP contribution < -0.4 is 5.73 Å². The fourth-order valence-electron chi connectivity index (χ4n) is 2.37. The fourth-order valence-corrected chi connectivity index (χ4v) is 2.86. The van der Waals surface area contributed by atoms with E-state index in [1.165, 1.54) is 11.1 Å². The van der Waals surface area contributed by atoms with Crippen molar-refractivity contribution in [1.29, 1.82) is 0 Å². The first-order valence-electron chi connectivity index (χ1n) is 6.88. The number of nitrogens with zero attached hydrogens (tertiary/aromatic N) is 2. The third-order valence-electron chi connectivity index (χ3n) is 3.35. The molecule has 19 heavy (non-hydrogen) atoms. The van der Waals surface area contributed by atoms with Crippen LogP contribution in [0.4, 0.5) is 0 Å². The number of nitrogens with two attached hydrogens (primary N) is 1. The van der Waals surface area contributed by atoms with E-state index in [-0.39, 0.29) is 6.04 Å². The Bertz CT molecular complexity index is 548. The van der Waals surface area contributed by atoms with Crippen molar-refractivity contribution in [3.63, 3.8) is 0 Å². The molecule has 0 fully saturated rings. The summed E-state index contributed by atoms with van der Waals surface area (Å²) in [5, 5.41) is 0. The number of aromatic nitrogens is 2. The van der Waals surface area contributed by atoms with Crippen LogP contribution in [0.3, 0.4) is 0 Å². The summed E-state index contributed by atoms with van der Waals surface area (Å²) in [6.07, 6.45) is 4.19. The van der Waals surface area contributed by atoms with Gasteiger partial charge in [-0.2, -0.15) is 11.8 Å². The summed E-state index contributed by atoms with van der Waals surface area (Å²) < 4.78 is 2.29. The first-order chi connectivity index (χ1) is 9.17. The fraction of sp³-hybridized carbons (Fsp3) is 0.533. The van der Waals surface area contributed by atoms with Crippen molar-refractivity contribution < 1.29 is 0 Å². The highest BCUT2D eigenvalue weighted by Gasteiger charge is 2.16. The third kappa shape index (κ3) is 3.12. The summed E-state index contributed by atoms with van der Waals surface area (Å²) in [6.45, 7) is 5.28. The molecule has 1 aromatic carbocycles. The molecule has 3 nitrogen and oxygen atoms in total. The molecule has 0 bridgehead atoms. The largest absolute Gasteiger partial charge is 0.327 e. The van der Waals surface area contributed by atoms with E-state index in [0.29, 0.717) is 0 Å². The number of hydrogen-bond donors (Lipinski definition) is 1. The number of rotatable bonds is 6. The Labute approximate surface area is 119 Å². The number of benzene rings is 1. The van der Waals surface area contributed by atoms with Crippen LogP contribution in [0, 0.1) is 6.92 Å². The van der Waals surface area contributed by atoms with Crippen molar-refractivity contribution in [1.82, 2.24) is 9.55 Å². The Morgan fingerprint density at radius 1 is 1.42 bits per heavy atom. The lowest BCUT2D eigenvalue weighted by Crippen LogP contribution is -2.17. The van der Waals surface area contributed by atoms with E-state index in [1.807, 2.05) is 11.8 Å². The van der Waals surface area contributed by atoms with Crippen LogP contribution >= 0.6 is 11.8 Å². The van der Waals surface area contributed by atoms with Gasteiger partial charge in [0.15, 0.2) is 0 Å². The standard InChI is InChI=1S/C15H23N3S/c1-4-8-18-14-6-5-11(2)10-13(14)17-15(18)12(16)7-9-19-3/h5-6,10,12H,4,7-9,16H2,1-3H3. The summed E-state index contributed by atoms with van der Waals surface area (Å²) in [5.74, 6) is 2.12. The van der Waals surface area contributed by atoms with Crippen molar-refractivity contribution in [2.45, 2.75) is 39.3 Å². The highest BCUT2D eigenvalue weighted by molar-refractivity contribution is 7.98. The molecule has 0 aliphatic carbocycles. The molecule has 0 amide bonds. The molecule has 1 aromatic heterocycles. The van der Waals surface area contributed by atoms with Gasteiger partial charge in [-0.05, 0) is 49.5 Å². The Balaban J connectivity index is 2.43. The topological polar surface area (TPSA) is 43.8 Å². The van der Waals surface area contributed by atoms with Crippen LogP contribution in [0.2, 0.25) is 0 Å². The minimum atomic E-state index is 0.0340. The maximum atomic E-state index is 6.32. The van der Waals surface area contributed by atoms with Gasteiger partial charge >= 0.3 is 0 Å². The van der Waals surface area contributed by atoms with Crippen LogP contribution in [0.1, 0.15) is 37.2 Å². The highest BCUT2D eigenvalue weighted by atomic mass is 32.2. The Hall–Kier alpha value is -1.00. The van der Waals surface area contributed by atoms with Gasteiger partial charge in [0.05, 0.1) is 17.1 Å². The number of thioether (sulfide) groups is 1. The molecule has 1 atom stereocenters. The van der Waals surface area contributed by atoms with Gasteiger partial charge in [-0.15, -0.1) is 0 Å². The number of aryl methyl sites for hydroxylation is 2. The molecule has 0 aliphatic heterocycles. The molecule has 0 saturated carbocycles. The van der Waals surface area contributed by atoms with Gasteiger partial charge in [-0.1, -0.05) is 13.0 Å². The molecule has 0 aliphatic rings. The maximum Gasteiger partial charge on any atom is 0.126 e. The molecular weight excluding hydrogens is 254 g/mol. The molecule has 0 spiro atoms. The molecule has 1 unspecified atom stereocenters. The molecule has 104 valence electrons. The van der Waals surface area contributed by atoms with Crippen LogP contribution in [0.25, 0.3) is 11.0 Å². The second-order valence-electron chi connectivity index (χ2n) is 5.00. The summed E-state index contributed by atoms with van der Waals surface area (Å²) in [7, 11) is 0. The minimum Gasteiger partial charge on any atom is -0.327 e. The van der Waals surface area contributed by atoms with Crippen molar-refractivity contribution >= 4 is 22.8 Å². The number of imidazole rings is 1. The van der Waals surface area contributed by atoms with Crippen LogP contribution in [0.5, 0.6) is 0 Å². The van der Waals surface area contributed by atoms with Crippen LogP contribution in [0.15, 0.2) is 18.2 Å². The Morgan fingerprint density at radius 3 is 2.89 bits per heavy atom. The van der Waals surface area contributed by atoms with E-state index >= 15 is 0 Å². The van der Waals surface area contributed by atoms with Gasteiger partial charge < -0.3 is 10.3 Å². The van der Waals surface area contributed by atoms with Gasteiger partial charge in [0.1, 0.15) is 5.82 Å². The molecule has 2 rings (SSSR count). The Kier molecular flexibility index (Phi) is 4.88. The summed E-state index contributed by atoms with van der Waals surface area (Å²) >= 11 is 1.84. The maximum absolute atomic E-state index is 6.32. The molecule has 1 heterocycles. The van der Waals surface area contributed by atoms with Crippen molar-refractivity contribution in [3.8, 4) is 0 Å². The number of fused-ring (bicyclic) bond motifs is 1. The van der Waals surface area contributed by atoms with Crippen molar-refractivity contribution in [3.05, 3.63) is 29.6 Å². The van der Waals surface area contributed by atoms with Crippen LogP contribution in [-0.2, 0) is 6.54 Å². The molecule has 2 N–H and O–H groups in total. The zero-order valence-electron chi connectivity index (χ0n) is 12.0. The zero-order chi connectivity index (χ0) is 13.8. The average Bonchev–Trinajstić information content (AvgIpc) is 2.74. The van der Waals surface area contributed by atoms with E-state index in [1.54, 1.807) is 0 Å². The highest BCUT2D eigenvalue weighted by Crippen LogP contribution is 2.23. The van der Waals surface area contributed by atoms with Crippen LogP contribution in [-0.4, -0.2) is 21.6 Å². The monoisotopic (exact) mass is 277 g/mol. The molecule has 0 radical (unpaired) electrons. The van der Waals surface area contributed by atoms with Crippen molar-refractivity contribution in [2.24, 2.45) is 5.73 Å². The SMILES string of the molecule is CCCn1c(C(N)CCSC)nc2cc(C)ccc21. The summed E-state index contributed by atoms with van der Waals surface area (Å²) in [4.78, 5) is 4.77. The quantitative estimate of drug-likeness (QED) is 0.878. The first kappa shape index (κ1) is 14.4. The predicted octanol–water partition coefficient (Wildman–Crippen LogP) is 3.51. The van der Waals surface area contributed by atoms with Gasteiger partial charge in [0, 0.05) is 6.54 Å². The van der Waals surface area contributed by atoms with E-state index in [2.05, 4.69) is 42.9 Å². The summed E-state index contributed by atoms with van der Waals surface area (Å²) in [6, 6.07) is 6.49. The minimum absolute atomic E-state index is 0.0340. The van der Waals surface area contributed by atoms with E-state index in [9.17, 15) is 0 Å². The van der Waals surface area contributed by atoms with Gasteiger partial charge in [-0.3, -0.25) is 0 Å². The lowest BCUT2D eigenvalue weighted by atomic mass is 10.2. The smallest absolute Gasteiger partial charge is 0.126 e. The zero-order valence-corrected chi connectivity index (χ0v) is 12.8. The third-order valence-corrected chi connectivity index (χ3v) is 3.99. The van der Waals surface area contributed by atoms with Gasteiger partial charge in [0.25, 0.3) is 0 Å². The van der Waals surface area contributed by atoms with E-state index in [0.717, 1.165) is 36.5 Å². The second-order valence-corrected chi connectivity index (χ2v) is 5.99. The first-order valence-corrected chi connectivity index (χ1v) is 8.28. The normalized spacial score (nSPS) is 13.1. The number of hydrogen-bond acceptors (Lipinski definition) is 3.